The van der Waals surface area contributed by atoms with E-state index in [4.69, 9.17) is 11.6 Å². The molecule has 1 saturated heterocycles. The van der Waals surface area contributed by atoms with E-state index in [0.29, 0.717) is 25.5 Å². The Morgan fingerprint density at radius 3 is 2.06 bits per heavy atom. The predicted octanol–water partition coefficient (Wildman–Crippen LogP) is 1.35. The van der Waals surface area contributed by atoms with Crippen LogP contribution in [0.25, 0.3) is 0 Å². The summed E-state index contributed by atoms with van der Waals surface area (Å²) in [4.78, 5) is 13.6. The average Bonchev–Trinajstić information content (AvgIpc) is 2.17. The Labute approximate surface area is 103 Å². The van der Waals surface area contributed by atoms with Gasteiger partial charge in [0.2, 0.25) is 0 Å². The number of carbonyl (C=O) groups is 1. The van der Waals surface area contributed by atoms with E-state index >= 15 is 0 Å². The molecule has 0 N–H and O–H groups in total. The SMILES string of the molecule is Cl.O=C(N1CCN(CCCl)CC1)C(F)(F)F. The van der Waals surface area contributed by atoms with E-state index in [1.165, 1.54) is 0 Å². The van der Waals surface area contributed by atoms with Gasteiger partial charge in [-0.05, 0) is 0 Å². The van der Waals surface area contributed by atoms with Crippen LogP contribution < -0.4 is 0 Å². The molecule has 0 radical (unpaired) electrons. The van der Waals surface area contributed by atoms with Crippen LogP contribution in [0.5, 0.6) is 0 Å². The first-order chi connectivity index (χ1) is 6.95. The van der Waals surface area contributed by atoms with Crippen LogP contribution in [0.15, 0.2) is 0 Å². The van der Waals surface area contributed by atoms with Gasteiger partial charge in [0.15, 0.2) is 0 Å². The number of hydrogen-bond acceptors (Lipinski definition) is 2. The molecule has 1 amide bonds. The Morgan fingerprint density at radius 2 is 1.69 bits per heavy atom. The van der Waals surface area contributed by atoms with Crippen molar-refractivity contribution >= 4 is 29.9 Å². The average molecular weight is 281 g/mol. The third-order valence-electron chi connectivity index (χ3n) is 2.30. The highest BCUT2D eigenvalue weighted by Gasteiger charge is 2.42. The Kier molecular flexibility index (Phi) is 6.43. The lowest BCUT2D eigenvalue weighted by Gasteiger charge is -2.34. The summed E-state index contributed by atoms with van der Waals surface area (Å²) in [5, 5.41) is 0. The molecule has 1 aliphatic heterocycles. The van der Waals surface area contributed by atoms with E-state index < -0.39 is 12.1 Å². The first-order valence-electron chi connectivity index (χ1n) is 4.59. The van der Waals surface area contributed by atoms with Crippen LogP contribution in [0, 0.1) is 0 Å². The summed E-state index contributed by atoms with van der Waals surface area (Å²) in [6, 6.07) is 0. The smallest absolute Gasteiger partial charge is 0.332 e. The molecule has 0 aliphatic carbocycles. The van der Waals surface area contributed by atoms with E-state index in [1.807, 2.05) is 4.90 Å². The molecule has 0 atom stereocenters. The van der Waals surface area contributed by atoms with Crippen molar-refractivity contribution in [2.24, 2.45) is 0 Å². The topological polar surface area (TPSA) is 23.6 Å². The molecule has 0 unspecified atom stereocenters. The van der Waals surface area contributed by atoms with Gasteiger partial charge in [0.25, 0.3) is 0 Å². The van der Waals surface area contributed by atoms with Crippen LogP contribution in [0.4, 0.5) is 13.2 Å². The summed E-state index contributed by atoms with van der Waals surface area (Å²) >= 11 is 5.50. The molecule has 0 bridgehead atoms. The summed E-state index contributed by atoms with van der Waals surface area (Å²) in [5.41, 5.74) is 0. The normalized spacial score (nSPS) is 18.1. The Hall–Kier alpha value is -0.200. The first kappa shape index (κ1) is 15.8. The number of alkyl halides is 4. The molecule has 8 heteroatoms. The number of amides is 1. The highest BCUT2D eigenvalue weighted by atomic mass is 35.5. The molecular weight excluding hydrogens is 268 g/mol. The fourth-order valence-electron chi connectivity index (χ4n) is 1.47. The quantitative estimate of drug-likeness (QED) is 0.713. The largest absolute Gasteiger partial charge is 0.471 e. The van der Waals surface area contributed by atoms with Gasteiger partial charge < -0.3 is 4.90 Å². The minimum Gasteiger partial charge on any atom is -0.332 e. The highest BCUT2D eigenvalue weighted by Crippen LogP contribution is 2.19. The van der Waals surface area contributed by atoms with Crippen molar-refractivity contribution in [3.63, 3.8) is 0 Å². The number of carbonyl (C=O) groups excluding carboxylic acids is 1. The summed E-state index contributed by atoms with van der Waals surface area (Å²) in [6.45, 7) is 1.79. The molecule has 0 aromatic carbocycles. The van der Waals surface area contributed by atoms with E-state index in [1.54, 1.807) is 0 Å². The lowest BCUT2D eigenvalue weighted by molar-refractivity contribution is -0.186. The third kappa shape index (κ3) is 4.35. The second-order valence-corrected chi connectivity index (χ2v) is 3.70. The van der Waals surface area contributed by atoms with Gasteiger partial charge in [-0.15, -0.1) is 24.0 Å². The minimum absolute atomic E-state index is 0. The number of rotatable bonds is 2. The van der Waals surface area contributed by atoms with Gasteiger partial charge in [0.05, 0.1) is 0 Å². The molecule has 0 saturated carbocycles. The predicted molar refractivity (Wildman–Crippen MR) is 57.0 cm³/mol. The van der Waals surface area contributed by atoms with Crippen molar-refractivity contribution in [3.8, 4) is 0 Å². The van der Waals surface area contributed by atoms with Crippen molar-refractivity contribution < 1.29 is 18.0 Å². The molecule has 1 rings (SSSR count). The number of nitrogens with zero attached hydrogens (tertiary/aromatic N) is 2. The second kappa shape index (κ2) is 6.51. The third-order valence-corrected chi connectivity index (χ3v) is 2.47. The number of hydrogen-bond donors (Lipinski definition) is 0. The van der Waals surface area contributed by atoms with Gasteiger partial charge in [0.1, 0.15) is 0 Å². The Bertz CT molecular complexity index is 230. The summed E-state index contributed by atoms with van der Waals surface area (Å²) in [7, 11) is 0. The van der Waals surface area contributed by atoms with Crippen LogP contribution in [0.3, 0.4) is 0 Å². The number of halogens is 5. The molecule has 0 spiro atoms. The van der Waals surface area contributed by atoms with Crippen molar-refractivity contribution in [2.75, 3.05) is 38.6 Å². The second-order valence-electron chi connectivity index (χ2n) is 3.32. The summed E-state index contributed by atoms with van der Waals surface area (Å²) in [6.07, 6.45) is -4.76. The zero-order chi connectivity index (χ0) is 11.5. The van der Waals surface area contributed by atoms with Crippen molar-refractivity contribution in [2.45, 2.75) is 6.18 Å². The maximum Gasteiger partial charge on any atom is 0.471 e. The maximum absolute atomic E-state index is 12.1. The molecular formula is C8H13Cl2F3N2O. The van der Waals surface area contributed by atoms with Gasteiger partial charge in [-0.2, -0.15) is 13.2 Å². The molecule has 1 heterocycles. The van der Waals surface area contributed by atoms with Crippen LogP contribution in [-0.4, -0.2) is 60.5 Å². The molecule has 96 valence electrons. The number of piperazine rings is 1. The van der Waals surface area contributed by atoms with E-state index in [2.05, 4.69) is 0 Å². The molecule has 1 fully saturated rings. The van der Waals surface area contributed by atoms with Crippen molar-refractivity contribution in [1.29, 1.82) is 0 Å². The molecule has 1 aliphatic rings. The molecule has 3 nitrogen and oxygen atoms in total. The van der Waals surface area contributed by atoms with Gasteiger partial charge in [-0.25, -0.2) is 0 Å². The Morgan fingerprint density at radius 1 is 1.19 bits per heavy atom. The monoisotopic (exact) mass is 280 g/mol. The zero-order valence-corrected chi connectivity index (χ0v) is 10.0. The lowest BCUT2D eigenvalue weighted by Crippen LogP contribution is -2.52. The summed E-state index contributed by atoms with van der Waals surface area (Å²) in [5.74, 6) is -1.29. The molecule has 0 aromatic heterocycles. The fraction of sp³-hybridized carbons (Fsp3) is 0.875. The maximum atomic E-state index is 12.1. The zero-order valence-electron chi connectivity index (χ0n) is 8.47. The van der Waals surface area contributed by atoms with E-state index in [9.17, 15) is 18.0 Å². The van der Waals surface area contributed by atoms with Crippen LogP contribution >= 0.6 is 24.0 Å². The Balaban J connectivity index is 0.00000225. The molecule has 0 aromatic rings. The standard InChI is InChI=1S/C8H12ClF3N2O.ClH/c9-1-2-13-3-5-14(6-4-13)7(15)8(10,11)12;/h1-6H2;1H. The van der Waals surface area contributed by atoms with Gasteiger partial charge >= 0.3 is 12.1 Å². The fourth-order valence-corrected chi connectivity index (χ4v) is 1.71. The van der Waals surface area contributed by atoms with Crippen LogP contribution in [0.1, 0.15) is 0 Å². The summed E-state index contributed by atoms with van der Waals surface area (Å²) < 4.78 is 36.2. The van der Waals surface area contributed by atoms with Crippen LogP contribution in [0.2, 0.25) is 0 Å². The van der Waals surface area contributed by atoms with Crippen LogP contribution in [-0.2, 0) is 4.79 Å². The molecule has 16 heavy (non-hydrogen) atoms. The minimum atomic E-state index is -4.76. The van der Waals surface area contributed by atoms with Gasteiger partial charge in [-0.1, -0.05) is 0 Å². The van der Waals surface area contributed by atoms with E-state index in [-0.39, 0.29) is 25.5 Å². The van der Waals surface area contributed by atoms with E-state index in [0.717, 1.165) is 4.90 Å². The van der Waals surface area contributed by atoms with Gasteiger partial charge in [0, 0.05) is 38.6 Å². The highest BCUT2D eigenvalue weighted by molar-refractivity contribution is 6.18. The lowest BCUT2D eigenvalue weighted by atomic mass is 10.3. The van der Waals surface area contributed by atoms with Crippen molar-refractivity contribution in [1.82, 2.24) is 9.80 Å². The van der Waals surface area contributed by atoms with Gasteiger partial charge in [-0.3, -0.25) is 9.69 Å². The first-order valence-corrected chi connectivity index (χ1v) is 5.13. The van der Waals surface area contributed by atoms with Crippen molar-refractivity contribution in [3.05, 3.63) is 0 Å².